The third-order valence-electron chi connectivity index (χ3n) is 1.73. The molecule has 1 heterocycles. The van der Waals surface area contributed by atoms with Crippen molar-refractivity contribution in [3.63, 3.8) is 0 Å². The maximum Gasteiger partial charge on any atom is 0.103 e. The number of anilines is 1. The molecule has 0 bridgehead atoms. The molecular weight excluding hydrogens is 178 g/mol. The summed E-state index contributed by atoms with van der Waals surface area (Å²) in [4.78, 5) is 0. The summed E-state index contributed by atoms with van der Waals surface area (Å²) < 4.78 is 0. The molecule has 2 rings (SSSR count). The number of hydrogen-bond donors (Lipinski definition) is 1. The lowest BCUT2D eigenvalue weighted by Gasteiger charge is -2.19. The quantitative estimate of drug-likeness (QED) is 0.705. The number of benzene rings is 1. The highest BCUT2D eigenvalue weighted by Crippen LogP contribution is 2.18. The van der Waals surface area contributed by atoms with Gasteiger partial charge in [-0.05, 0) is 12.1 Å². The zero-order valence-corrected chi connectivity index (χ0v) is 7.25. The number of rotatable bonds is 1. The molecule has 68 valence electrons. The van der Waals surface area contributed by atoms with E-state index in [0.717, 1.165) is 0 Å². The molecular formula is C9H7N5. The van der Waals surface area contributed by atoms with Crippen LogP contribution in [0.2, 0.25) is 0 Å². The molecule has 0 spiro atoms. The van der Waals surface area contributed by atoms with Gasteiger partial charge in [0.15, 0.2) is 0 Å². The molecule has 1 aliphatic rings. The van der Waals surface area contributed by atoms with Crippen LogP contribution in [-0.4, -0.2) is 12.4 Å². The SMILES string of the molecule is N#Cc1ccccc1N1N=CC=NN1. The minimum atomic E-state index is 0.550. The van der Waals surface area contributed by atoms with Crippen molar-refractivity contribution < 1.29 is 0 Å². The fraction of sp³-hybridized carbons (Fsp3) is 0. The third-order valence-corrected chi connectivity index (χ3v) is 1.73. The number of nitrogens with one attached hydrogen (secondary N) is 1. The maximum atomic E-state index is 8.85. The van der Waals surface area contributed by atoms with Gasteiger partial charge in [0.2, 0.25) is 0 Å². The first kappa shape index (κ1) is 8.26. The molecule has 0 amide bonds. The summed E-state index contributed by atoms with van der Waals surface area (Å²) in [6.07, 6.45) is 3.08. The molecule has 5 heteroatoms. The van der Waals surface area contributed by atoms with Gasteiger partial charge in [-0.2, -0.15) is 26.1 Å². The Balaban J connectivity index is 2.37. The van der Waals surface area contributed by atoms with Crippen molar-refractivity contribution in [2.24, 2.45) is 10.2 Å². The first-order valence-corrected chi connectivity index (χ1v) is 4.02. The minimum Gasteiger partial charge on any atom is -0.197 e. The van der Waals surface area contributed by atoms with Crippen molar-refractivity contribution >= 4 is 18.1 Å². The van der Waals surface area contributed by atoms with E-state index in [-0.39, 0.29) is 0 Å². The molecule has 0 atom stereocenters. The zero-order chi connectivity index (χ0) is 9.80. The predicted octanol–water partition coefficient (Wildman–Crippen LogP) is 0.854. The van der Waals surface area contributed by atoms with Gasteiger partial charge in [0.25, 0.3) is 0 Å². The summed E-state index contributed by atoms with van der Waals surface area (Å²) in [5, 5.41) is 18.1. The van der Waals surface area contributed by atoms with E-state index in [1.54, 1.807) is 24.4 Å². The van der Waals surface area contributed by atoms with Crippen molar-refractivity contribution in [1.82, 2.24) is 5.53 Å². The second kappa shape index (κ2) is 3.58. The van der Waals surface area contributed by atoms with Gasteiger partial charge in [-0.25, -0.2) is 0 Å². The van der Waals surface area contributed by atoms with Crippen LogP contribution in [0.4, 0.5) is 5.69 Å². The number of hydrazine groups is 1. The molecule has 5 nitrogen and oxygen atoms in total. The first-order chi connectivity index (χ1) is 6.92. The molecule has 0 aliphatic carbocycles. The van der Waals surface area contributed by atoms with Gasteiger partial charge in [-0.1, -0.05) is 12.1 Å². The summed E-state index contributed by atoms with van der Waals surface area (Å²) in [5.74, 6) is 0. The Labute approximate surface area is 80.9 Å². The predicted molar refractivity (Wildman–Crippen MR) is 53.8 cm³/mol. The van der Waals surface area contributed by atoms with E-state index >= 15 is 0 Å². The van der Waals surface area contributed by atoms with E-state index in [4.69, 9.17) is 5.26 Å². The van der Waals surface area contributed by atoms with Gasteiger partial charge < -0.3 is 0 Å². The number of nitriles is 1. The van der Waals surface area contributed by atoms with Gasteiger partial charge in [0.1, 0.15) is 11.8 Å². The molecule has 1 aromatic carbocycles. The summed E-state index contributed by atoms with van der Waals surface area (Å²) >= 11 is 0. The Hall–Kier alpha value is -2.35. The monoisotopic (exact) mass is 185 g/mol. The second-order valence-corrected chi connectivity index (χ2v) is 2.58. The van der Waals surface area contributed by atoms with E-state index in [1.165, 1.54) is 11.3 Å². The van der Waals surface area contributed by atoms with Crippen LogP contribution in [0, 0.1) is 11.3 Å². The standard InChI is InChI=1S/C9H7N5/c10-7-8-3-1-2-4-9(8)14-12-6-5-11-13-14/h1-6,13H. The maximum absolute atomic E-state index is 8.85. The highest BCUT2D eigenvalue weighted by atomic mass is 15.8. The highest BCUT2D eigenvalue weighted by Gasteiger charge is 2.09. The first-order valence-electron chi connectivity index (χ1n) is 4.02. The fourth-order valence-electron chi connectivity index (χ4n) is 1.11. The van der Waals surface area contributed by atoms with Crippen molar-refractivity contribution in [3.8, 4) is 6.07 Å². The molecule has 1 N–H and O–H groups in total. The normalized spacial score (nSPS) is 13.5. The molecule has 1 aromatic rings. The average molecular weight is 185 g/mol. The third kappa shape index (κ3) is 1.41. The molecule has 14 heavy (non-hydrogen) atoms. The van der Waals surface area contributed by atoms with Crippen molar-refractivity contribution in [1.29, 1.82) is 5.26 Å². The van der Waals surface area contributed by atoms with Crippen LogP contribution in [0.25, 0.3) is 0 Å². The molecule has 0 radical (unpaired) electrons. The van der Waals surface area contributed by atoms with Crippen molar-refractivity contribution in [2.45, 2.75) is 0 Å². The zero-order valence-electron chi connectivity index (χ0n) is 7.25. The van der Waals surface area contributed by atoms with E-state index in [0.29, 0.717) is 11.3 Å². The lowest BCUT2D eigenvalue weighted by molar-refractivity contribution is 0.682. The van der Waals surface area contributed by atoms with Crippen LogP contribution >= 0.6 is 0 Å². The number of nitrogens with zero attached hydrogens (tertiary/aromatic N) is 4. The molecule has 0 fully saturated rings. The van der Waals surface area contributed by atoms with Crippen LogP contribution in [0.15, 0.2) is 34.5 Å². The lowest BCUT2D eigenvalue weighted by atomic mass is 10.2. The van der Waals surface area contributed by atoms with E-state index < -0.39 is 0 Å². The molecule has 0 unspecified atom stereocenters. The smallest absolute Gasteiger partial charge is 0.103 e. The van der Waals surface area contributed by atoms with Crippen LogP contribution in [0.5, 0.6) is 0 Å². The van der Waals surface area contributed by atoms with Crippen LogP contribution in [0.1, 0.15) is 5.56 Å². The Morgan fingerprint density at radius 2 is 2.14 bits per heavy atom. The van der Waals surface area contributed by atoms with Gasteiger partial charge in [-0.15, -0.1) is 0 Å². The largest absolute Gasteiger partial charge is 0.197 e. The second-order valence-electron chi connectivity index (χ2n) is 2.58. The Bertz CT molecular complexity index is 429. The van der Waals surface area contributed by atoms with Crippen LogP contribution in [-0.2, 0) is 0 Å². The van der Waals surface area contributed by atoms with Gasteiger partial charge in [0.05, 0.1) is 18.0 Å². The number of hydrogen-bond acceptors (Lipinski definition) is 5. The molecule has 0 aromatic heterocycles. The summed E-state index contributed by atoms with van der Waals surface area (Å²) in [6.45, 7) is 0. The molecule has 0 saturated carbocycles. The topological polar surface area (TPSA) is 63.8 Å². The average Bonchev–Trinajstić information content (AvgIpc) is 2.30. The van der Waals surface area contributed by atoms with E-state index in [1.807, 2.05) is 6.07 Å². The molecule has 0 saturated heterocycles. The fourth-order valence-corrected chi connectivity index (χ4v) is 1.11. The van der Waals surface area contributed by atoms with E-state index in [2.05, 4.69) is 21.8 Å². The lowest BCUT2D eigenvalue weighted by Crippen LogP contribution is -2.32. The van der Waals surface area contributed by atoms with Gasteiger partial charge >= 0.3 is 0 Å². The highest BCUT2D eigenvalue weighted by molar-refractivity contribution is 6.16. The van der Waals surface area contributed by atoms with Crippen molar-refractivity contribution in [2.75, 3.05) is 5.12 Å². The van der Waals surface area contributed by atoms with Crippen LogP contribution < -0.4 is 10.7 Å². The number of para-hydroxylation sites is 1. The van der Waals surface area contributed by atoms with Gasteiger partial charge in [0, 0.05) is 0 Å². The minimum absolute atomic E-state index is 0.550. The summed E-state index contributed by atoms with van der Waals surface area (Å²) in [5.41, 5.74) is 3.90. The van der Waals surface area contributed by atoms with E-state index in [9.17, 15) is 0 Å². The Morgan fingerprint density at radius 3 is 2.86 bits per heavy atom. The Kier molecular flexibility index (Phi) is 2.11. The number of hydrazone groups is 2. The summed E-state index contributed by atoms with van der Waals surface area (Å²) in [7, 11) is 0. The van der Waals surface area contributed by atoms with Crippen LogP contribution in [0.3, 0.4) is 0 Å². The summed E-state index contributed by atoms with van der Waals surface area (Å²) in [6, 6.07) is 9.25. The van der Waals surface area contributed by atoms with Gasteiger partial charge in [-0.3, -0.25) is 0 Å². The Morgan fingerprint density at radius 1 is 1.29 bits per heavy atom. The molecule has 1 aliphatic heterocycles. The van der Waals surface area contributed by atoms with Crippen molar-refractivity contribution in [3.05, 3.63) is 29.8 Å².